The predicted octanol–water partition coefficient (Wildman–Crippen LogP) is 3.30. The monoisotopic (exact) mass is 508 g/mol. The smallest absolute Gasteiger partial charge is 0.338 e. The molecule has 4 rings (SSSR count). The molecule has 36 heavy (non-hydrogen) atoms. The SMILES string of the molecule is CCOC(=O)C1=C(C)N=c2s/c(=C\c3ccc(N(CC)CC)o3)c(=O)n2[C@H]1c1ccc(N(C)C)cc1. The van der Waals surface area contributed by atoms with E-state index in [0.717, 1.165) is 30.2 Å². The summed E-state index contributed by atoms with van der Waals surface area (Å²) in [6.45, 7) is 9.58. The fraction of sp³-hybridized carbons (Fsp3) is 0.370. The first-order valence-corrected chi connectivity index (χ1v) is 12.9. The lowest BCUT2D eigenvalue weighted by Crippen LogP contribution is -2.39. The molecule has 0 spiro atoms. The minimum Gasteiger partial charge on any atom is -0.463 e. The molecule has 1 aliphatic rings. The molecular formula is C27H32N4O4S. The van der Waals surface area contributed by atoms with Gasteiger partial charge in [0.25, 0.3) is 5.56 Å². The Morgan fingerprint density at radius 1 is 1.14 bits per heavy atom. The van der Waals surface area contributed by atoms with E-state index in [4.69, 9.17) is 9.15 Å². The Morgan fingerprint density at radius 2 is 1.83 bits per heavy atom. The van der Waals surface area contributed by atoms with E-state index in [1.807, 2.05) is 55.4 Å². The van der Waals surface area contributed by atoms with Gasteiger partial charge in [0.15, 0.2) is 10.7 Å². The number of esters is 1. The van der Waals surface area contributed by atoms with Crippen LogP contribution >= 0.6 is 11.3 Å². The number of benzene rings is 1. The van der Waals surface area contributed by atoms with Crippen LogP contribution in [0.4, 0.5) is 11.6 Å². The summed E-state index contributed by atoms with van der Waals surface area (Å²) in [6.07, 6.45) is 1.74. The number of fused-ring (bicyclic) bond motifs is 1. The molecule has 0 fully saturated rings. The van der Waals surface area contributed by atoms with Crippen LogP contribution in [-0.2, 0) is 9.53 Å². The quantitative estimate of drug-likeness (QED) is 0.435. The van der Waals surface area contributed by atoms with Crippen LogP contribution in [0.3, 0.4) is 0 Å². The Hall–Kier alpha value is -3.59. The van der Waals surface area contributed by atoms with E-state index >= 15 is 0 Å². The van der Waals surface area contributed by atoms with Gasteiger partial charge >= 0.3 is 5.97 Å². The predicted molar refractivity (Wildman–Crippen MR) is 143 cm³/mol. The fourth-order valence-electron chi connectivity index (χ4n) is 4.32. The molecule has 0 N–H and O–H groups in total. The van der Waals surface area contributed by atoms with Crippen LogP contribution in [0.25, 0.3) is 6.08 Å². The number of hydrogen-bond donors (Lipinski definition) is 0. The van der Waals surface area contributed by atoms with Crippen molar-refractivity contribution in [1.29, 1.82) is 0 Å². The second-order valence-electron chi connectivity index (χ2n) is 8.64. The second kappa shape index (κ2) is 10.6. The average molecular weight is 509 g/mol. The average Bonchev–Trinajstić information content (AvgIpc) is 3.43. The van der Waals surface area contributed by atoms with Crippen molar-refractivity contribution >= 4 is 35.0 Å². The zero-order valence-electron chi connectivity index (χ0n) is 21.6. The first-order chi connectivity index (χ1) is 17.3. The van der Waals surface area contributed by atoms with Crippen molar-refractivity contribution in [2.24, 2.45) is 4.99 Å². The Balaban J connectivity index is 1.87. The van der Waals surface area contributed by atoms with E-state index in [0.29, 0.717) is 26.4 Å². The lowest BCUT2D eigenvalue weighted by molar-refractivity contribution is -0.139. The molecule has 8 nitrogen and oxygen atoms in total. The number of furan rings is 1. The summed E-state index contributed by atoms with van der Waals surface area (Å²) in [5.74, 6) is 0.887. The molecule has 0 aliphatic carbocycles. The number of aromatic nitrogens is 1. The van der Waals surface area contributed by atoms with Crippen molar-refractivity contribution in [3.05, 3.63) is 78.7 Å². The topological polar surface area (TPSA) is 80.3 Å². The molecule has 0 saturated carbocycles. The molecule has 0 bridgehead atoms. The zero-order valence-corrected chi connectivity index (χ0v) is 22.4. The molecule has 0 radical (unpaired) electrons. The molecule has 0 saturated heterocycles. The fourth-order valence-corrected chi connectivity index (χ4v) is 5.34. The molecule has 1 aliphatic heterocycles. The molecular weight excluding hydrogens is 476 g/mol. The third-order valence-corrected chi connectivity index (χ3v) is 7.19. The summed E-state index contributed by atoms with van der Waals surface area (Å²) in [5.41, 5.74) is 2.52. The van der Waals surface area contributed by atoms with Gasteiger partial charge in [-0.1, -0.05) is 23.5 Å². The van der Waals surface area contributed by atoms with Crippen molar-refractivity contribution in [3.8, 4) is 0 Å². The molecule has 190 valence electrons. The van der Waals surface area contributed by atoms with E-state index in [1.54, 1.807) is 24.5 Å². The zero-order chi connectivity index (χ0) is 26.0. The van der Waals surface area contributed by atoms with Crippen LogP contribution in [0.2, 0.25) is 0 Å². The summed E-state index contributed by atoms with van der Waals surface area (Å²) in [5, 5.41) is 0. The van der Waals surface area contributed by atoms with Crippen LogP contribution in [0.5, 0.6) is 0 Å². The number of allylic oxidation sites excluding steroid dienone is 1. The van der Waals surface area contributed by atoms with Gasteiger partial charge in [-0.25, -0.2) is 9.79 Å². The van der Waals surface area contributed by atoms with E-state index in [9.17, 15) is 9.59 Å². The Morgan fingerprint density at radius 3 is 2.44 bits per heavy atom. The van der Waals surface area contributed by atoms with Crippen molar-refractivity contribution in [2.45, 2.75) is 33.7 Å². The van der Waals surface area contributed by atoms with E-state index < -0.39 is 12.0 Å². The van der Waals surface area contributed by atoms with Crippen LogP contribution < -0.4 is 24.7 Å². The maximum absolute atomic E-state index is 13.7. The summed E-state index contributed by atoms with van der Waals surface area (Å²) in [4.78, 5) is 36.0. The number of carbonyl (C=O) groups excluding carboxylic acids is 1. The van der Waals surface area contributed by atoms with Crippen molar-refractivity contribution in [1.82, 2.24) is 4.57 Å². The van der Waals surface area contributed by atoms with Gasteiger partial charge < -0.3 is 19.0 Å². The number of hydrogen-bond acceptors (Lipinski definition) is 8. The minimum absolute atomic E-state index is 0.226. The van der Waals surface area contributed by atoms with Gasteiger partial charge in [-0.05, 0) is 51.5 Å². The van der Waals surface area contributed by atoms with Gasteiger partial charge in [0, 0.05) is 45.0 Å². The highest BCUT2D eigenvalue weighted by atomic mass is 32.1. The highest BCUT2D eigenvalue weighted by Gasteiger charge is 2.33. The first-order valence-electron chi connectivity index (χ1n) is 12.1. The van der Waals surface area contributed by atoms with Gasteiger partial charge in [-0.2, -0.15) is 0 Å². The standard InChI is InChI=1S/C27H32N4O4S/c1-7-30(8-2)22-15-14-20(35-22)16-21-25(32)31-24(18-10-12-19(13-11-18)29(5)6)23(26(33)34-9-3)17(4)28-27(31)36-21/h10-16,24H,7-9H2,1-6H3/b21-16-/t24-/m0/s1. The van der Waals surface area contributed by atoms with Crippen molar-refractivity contribution in [3.63, 3.8) is 0 Å². The maximum Gasteiger partial charge on any atom is 0.338 e. The highest BCUT2D eigenvalue weighted by Crippen LogP contribution is 2.31. The normalized spacial score (nSPS) is 15.5. The van der Waals surface area contributed by atoms with Gasteiger partial charge in [0.2, 0.25) is 0 Å². The van der Waals surface area contributed by atoms with Gasteiger partial charge in [0.05, 0.1) is 28.5 Å². The van der Waals surface area contributed by atoms with Gasteiger partial charge in [-0.3, -0.25) is 9.36 Å². The largest absolute Gasteiger partial charge is 0.463 e. The van der Waals surface area contributed by atoms with E-state index in [1.165, 1.54) is 11.3 Å². The molecule has 1 aromatic carbocycles. The van der Waals surface area contributed by atoms with E-state index in [-0.39, 0.29) is 12.2 Å². The van der Waals surface area contributed by atoms with Gasteiger partial charge in [-0.15, -0.1) is 0 Å². The minimum atomic E-state index is -0.638. The lowest BCUT2D eigenvalue weighted by atomic mass is 9.95. The van der Waals surface area contributed by atoms with Crippen LogP contribution in [-0.4, -0.2) is 44.3 Å². The first kappa shape index (κ1) is 25.5. The number of ether oxygens (including phenoxy) is 1. The molecule has 9 heteroatoms. The summed E-state index contributed by atoms with van der Waals surface area (Å²) in [7, 11) is 3.93. The highest BCUT2D eigenvalue weighted by molar-refractivity contribution is 7.07. The van der Waals surface area contributed by atoms with Crippen LogP contribution in [0.1, 0.15) is 45.1 Å². The lowest BCUT2D eigenvalue weighted by Gasteiger charge is -2.25. The summed E-state index contributed by atoms with van der Waals surface area (Å²) >= 11 is 1.28. The molecule has 1 atom stereocenters. The van der Waals surface area contributed by atoms with Gasteiger partial charge in [0.1, 0.15) is 5.76 Å². The van der Waals surface area contributed by atoms with Crippen molar-refractivity contribution in [2.75, 3.05) is 43.6 Å². The summed E-state index contributed by atoms with van der Waals surface area (Å²) < 4.78 is 13.4. The van der Waals surface area contributed by atoms with Crippen molar-refractivity contribution < 1.29 is 13.9 Å². The number of rotatable bonds is 8. The number of nitrogens with zero attached hydrogens (tertiary/aromatic N) is 4. The second-order valence-corrected chi connectivity index (χ2v) is 9.65. The van der Waals surface area contributed by atoms with Crippen LogP contribution in [0.15, 0.2) is 61.9 Å². The molecule has 2 aromatic heterocycles. The van der Waals surface area contributed by atoms with E-state index in [2.05, 4.69) is 23.7 Å². The molecule has 3 aromatic rings. The third kappa shape index (κ3) is 4.75. The molecule has 3 heterocycles. The molecule has 0 unspecified atom stereocenters. The Labute approximate surface area is 214 Å². The van der Waals surface area contributed by atoms with Crippen LogP contribution in [0, 0.1) is 0 Å². The number of anilines is 2. The summed E-state index contributed by atoms with van der Waals surface area (Å²) in [6, 6.07) is 11.0. The Kier molecular flexibility index (Phi) is 7.49. The number of thiazole rings is 1. The molecule has 0 amide bonds. The Bertz CT molecular complexity index is 1460. The maximum atomic E-state index is 13.7. The number of carbonyl (C=O) groups is 1. The third-order valence-electron chi connectivity index (χ3n) is 6.20.